The smallest absolute Gasteiger partial charge is 0.317 e. The minimum atomic E-state index is -0.882. The number of fused-ring (bicyclic) bond motifs is 1. The Bertz CT molecular complexity index is 696. The van der Waals surface area contributed by atoms with Crippen LogP contribution in [0, 0.1) is 0 Å². The first kappa shape index (κ1) is 15.2. The second-order valence-corrected chi connectivity index (χ2v) is 5.07. The van der Waals surface area contributed by atoms with Gasteiger partial charge in [-0.3, -0.25) is 18.9 Å². The second-order valence-electron chi connectivity index (χ2n) is 5.07. The molecule has 0 saturated heterocycles. The van der Waals surface area contributed by atoms with E-state index in [1.807, 2.05) is 24.8 Å². The molecule has 0 amide bonds. The molecule has 1 atom stereocenters. The van der Waals surface area contributed by atoms with E-state index in [0.717, 1.165) is 6.42 Å². The van der Waals surface area contributed by atoms with Crippen molar-refractivity contribution in [3.05, 3.63) is 46.5 Å². The van der Waals surface area contributed by atoms with Gasteiger partial charge in [-0.1, -0.05) is 13.0 Å². The fraction of sp³-hybridized carbons (Fsp3) is 0.400. The van der Waals surface area contributed by atoms with Gasteiger partial charge in [0.1, 0.15) is 5.65 Å². The summed E-state index contributed by atoms with van der Waals surface area (Å²) in [4.78, 5) is 29.2. The van der Waals surface area contributed by atoms with Gasteiger partial charge >= 0.3 is 5.97 Å². The van der Waals surface area contributed by atoms with Gasteiger partial charge in [0.2, 0.25) is 0 Å². The molecule has 0 aromatic carbocycles. The normalized spacial score (nSPS) is 12.7. The Kier molecular flexibility index (Phi) is 4.70. The number of carboxylic acids is 1. The molecule has 0 bridgehead atoms. The maximum absolute atomic E-state index is 12.0. The van der Waals surface area contributed by atoms with Crippen LogP contribution in [0.15, 0.2) is 35.3 Å². The Labute approximate surface area is 122 Å². The number of carboxylic acid groups (broad SMARTS) is 1. The molecule has 2 aromatic heterocycles. The quantitative estimate of drug-likeness (QED) is 0.869. The van der Waals surface area contributed by atoms with Crippen molar-refractivity contribution in [2.24, 2.45) is 0 Å². The molecule has 112 valence electrons. The van der Waals surface area contributed by atoms with Crippen LogP contribution in [0.3, 0.4) is 0 Å². The third-order valence-electron chi connectivity index (χ3n) is 3.54. The van der Waals surface area contributed by atoms with Crippen molar-refractivity contribution in [3.63, 3.8) is 0 Å². The predicted molar refractivity (Wildman–Crippen MR) is 79.3 cm³/mol. The van der Waals surface area contributed by atoms with Crippen LogP contribution in [-0.4, -0.2) is 37.9 Å². The first-order valence-corrected chi connectivity index (χ1v) is 6.94. The topological polar surface area (TPSA) is 74.9 Å². The van der Waals surface area contributed by atoms with E-state index in [0.29, 0.717) is 17.9 Å². The first-order valence-electron chi connectivity index (χ1n) is 6.94. The van der Waals surface area contributed by atoms with E-state index < -0.39 is 5.97 Å². The molecular weight excluding hydrogens is 270 g/mol. The molecule has 1 unspecified atom stereocenters. The molecule has 0 aliphatic rings. The molecule has 2 aromatic rings. The summed E-state index contributed by atoms with van der Waals surface area (Å²) in [6.45, 7) is 4.26. The molecule has 0 aliphatic heterocycles. The largest absolute Gasteiger partial charge is 0.480 e. The lowest BCUT2D eigenvalue weighted by molar-refractivity contribution is -0.139. The summed E-state index contributed by atoms with van der Waals surface area (Å²) in [7, 11) is 0. The summed E-state index contributed by atoms with van der Waals surface area (Å²) < 4.78 is 1.47. The van der Waals surface area contributed by atoms with Gasteiger partial charge in [-0.2, -0.15) is 0 Å². The van der Waals surface area contributed by atoms with Crippen molar-refractivity contribution in [1.29, 1.82) is 0 Å². The molecule has 0 fully saturated rings. The SMILES string of the molecule is CCC(C)N(CC(=O)O)Cc1cc(=O)n2ccccc2n1. The van der Waals surface area contributed by atoms with Gasteiger partial charge in [0.15, 0.2) is 0 Å². The average Bonchev–Trinajstić information content (AvgIpc) is 2.45. The predicted octanol–water partition coefficient (Wildman–Crippen LogP) is 1.38. The Hall–Kier alpha value is -2.21. The van der Waals surface area contributed by atoms with Crippen LogP contribution in [0.5, 0.6) is 0 Å². The maximum atomic E-state index is 12.0. The second kappa shape index (κ2) is 6.49. The van der Waals surface area contributed by atoms with Crippen molar-refractivity contribution in [1.82, 2.24) is 14.3 Å². The highest BCUT2D eigenvalue weighted by atomic mass is 16.4. The highest BCUT2D eigenvalue weighted by Crippen LogP contribution is 2.09. The van der Waals surface area contributed by atoms with Crippen LogP contribution < -0.4 is 5.56 Å². The fourth-order valence-electron chi connectivity index (χ4n) is 2.19. The standard InChI is InChI=1S/C15H19N3O3/c1-3-11(2)17(10-15(20)21)9-12-8-14(19)18-7-5-4-6-13(18)16-12/h4-8,11H,3,9-10H2,1-2H3,(H,20,21). The lowest BCUT2D eigenvalue weighted by Gasteiger charge is -2.26. The van der Waals surface area contributed by atoms with Gasteiger partial charge in [-0.05, 0) is 25.5 Å². The summed E-state index contributed by atoms with van der Waals surface area (Å²) >= 11 is 0. The molecule has 1 N–H and O–H groups in total. The van der Waals surface area contributed by atoms with E-state index >= 15 is 0 Å². The van der Waals surface area contributed by atoms with Crippen molar-refractivity contribution in [2.45, 2.75) is 32.9 Å². The van der Waals surface area contributed by atoms with Crippen molar-refractivity contribution < 1.29 is 9.90 Å². The zero-order valence-electron chi connectivity index (χ0n) is 12.2. The van der Waals surface area contributed by atoms with E-state index in [9.17, 15) is 9.59 Å². The molecule has 0 saturated carbocycles. The monoisotopic (exact) mass is 289 g/mol. The fourth-order valence-corrected chi connectivity index (χ4v) is 2.19. The van der Waals surface area contributed by atoms with Crippen LogP contribution in [0.1, 0.15) is 26.0 Å². The van der Waals surface area contributed by atoms with Crippen LogP contribution in [-0.2, 0) is 11.3 Å². The average molecular weight is 289 g/mol. The Balaban J connectivity index is 2.32. The molecule has 21 heavy (non-hydrogen) atoms. The highest BCUT2D eigenvalue weighted by molar-refractivity contribution is 5.69. The maximum Gasteiger partial charge on any atom is 0.317 e. The van der Waals surface area contributed by atoms with Gasteiger partial charge in [0, 0.05) is 24.8 Å². The molecule has 0 aliphatic carbocycles. The van der Waals surface area contributed by atoms with Crippen LogP contribution in [0.25, 0.3) is 5.65 Å². The number of pyridine rings is 1. The summed E-state index contributed by atoms with van der Waals surface area (Å²) in [5.41, 5.74) is 1.00. The molecular formula is C15H19N3O3. The minimum Gasteiger partial charge on any atom is -0.480 e. The van der Waals surface area contributed by atoms with Gasteiger partial charge in [0.25, 0.3) is 5.56 Å². The number of hydrogen-bond acceptors (Lipinski definition) is 4. The third-order valence-corrected chi connectivity index (χ3v) is 3.54. The van der Waals surface area contributed by atoms with Gasteiger partial charge in [0.05, 0.1) is 12.2 Å². The first-order chi connectivity index (χ1) is 10.0. The number of hydrogen-bond donors (Lipinski definition) is 1. The summed E-state index contributed by atoms with van der Waals surface area (Å²) in [5.74, 6) is -0.882. The van der Waals surface area contributed by atoms with E-state index in [-0.39, 0.29) is 18.1 Å². The van der Waals surface area contributed by atoms with Crippen molar-refractivity contribution in [2.75, 3.05) is 6.54 Å². The Morgan fingerprint density at radius 2 is 2.24 bits per heavy atom. The lowest BCUT2D eigenvalue weighted by atomic mass is 10.2. The number of aliphatic carboxylic acids is 1. The molecule has 6 nitrogen and oxygen atoms in total. The van der Waals surface area contributed by atoms with Crippen molar-refractivity contribution in [3.8, 4) is 0 Å². The highest BCUT2D eigenvalue weighted by Gasteiger charge is 2.17. The third kappa shape index (κ3) is 3.66. The number of aromatic nitrogens is 2. The zero-order chi connectivity index (χ0) is 15.4. The zero-order valence-corrected chi connectivity index (χ0v) is 12.2. The van der Waals surface area contributed by atoms with Crippen LogP contribution >= 0.6 is 0 Å². The molecule has 2 heterocycles. The number of rotatable bonds is 6. The number of nitrogens with zero attached hydrogens (tertiary/aromatic N) is 3. The van der Waals surface area contributed by atoms with Gasteiger partial charge in [-0.25, -0.2) is 4.98 Å². The molecule has 2 rings (SSSR count). The minimum absolute atomic E-state index is 0.0646. The lowest BCUT2D eigenvalue weighted by Crippen LogP contribution is -2.37. The Morgan fingerprint density at radius 1 is 1.48 bits per heavy atom. The molecule has 0 spiro atoms. The van der Waals surface area contributed by atoms with E-state index in [1.165, 1.54) is 10.5 Å². The summed E-state index contributed by atoms with van der Waals surface area (Å²) in [5, 5.41) is 9.00. The van der Waals surface area contributed by atoms with E-state index in [4.69, 9.17) is 5.11 Å². The van der Waals surface area contributed by atoms with Gasteiger partial charge < -0.3 is 5.11 Å². The Morgan fingerprint density at radius 3 is 2.90 bits per heavy atom. The summed E-state index contributed by atoms with van der Waals surface area (Å²) in [6, 6.07) is 6.91. The van der Waals surface area contributed by atoms with Crippen LogP contribution in [0.4, 0.5) is 0 Å². The number of carbonyl (C=O) groups is 1. The molecule has 0 radical (unpaired) electrons. The summed E-state index contributed by atoms with van der Waals surface area (Å²) in [6.07, 6.45) is 2.50. The van der Waals surface area contributed by atoms with E-state index in [2.05, 4.69) is 4.98 Å². The van der Waals surface area contributed by atoms with Crippen molar-refractivity contribution >= 4 is 11.6 Å². The van der Waals surface area contributed by atoms with Crippen LogP contribution in [0.2, 0.25) is 0 Å². The molecule has 6 heteroatoms. The van der Waals surface area contributed by atoms with Gasteiger partial charge in [-0.15, -0.1) is 0 Å². The van der Waals surface area contributed by atoms with E-state index in [1.54, 1.807) is 18.3 Å².